The van der Waals surface area contributed by atoms with Crippen molar-refractivity contribution in [1.82, 2.24) is 4.98 Å². The van der Waals surface area contributed by atoms with Gasteiger partial charge in [-0.15, -0.1) is 0 Å². The number of methoxy groups -OCH3 is 1. The number of hydrogen-bond acceptors (Lipinski definition) is 4. The molecule has 1 aromatic heterocycles. The molecule has 5 heteroatoms. The van der Waals surface area contributed by atoms with Crippen molar-refractivity contribution in [2.45, 2.75) is 72.0 Å². The molecule has 37 heavy (non-hydrogen) atoms. The third-order valence-corrected chi connectivity index (χ3v) is 8.53. The average molecular weight is 502 g/mol. The lowest BCUT2D eigenvalue weighted by Gasteiger charge is -2.55. The Kier molecular flexibility index (Phi) is 6.39. The summed E-state index contributed by atoms with van der Waals surface area (Å²) in [5.41, 5.74) is 5.73. The van der Waals surface area contributed by atoms with Gasteiger partial charge in [-0.05, 0) is 92.5 Å². The number of aliphatic hydroxyl groups is 1. The quantitative estimate of drug-likeness (QED) is 0.259. The number of allylic oxidation sites excluding steroid dienone is 2. The molecule has 2 aliphatic rings. The number of benzene rings is 2. The monoisotopic (exact) mass is 501 g/mol. The van der Waals surface area contributed by atoms with Gasteiger partial charge in [0.05, 0.1) is 13.2 Å². The first-order valence-electron chi connectivity index (χ1n) is 13.2. The second-order valence-electron chi connectivity index (χ2n) is 11.9. The van der Waals surface area contributed by atoms with Crippen LogP contribution in [-0.2, 0) is 12.8 Å². The van der Waals surface area contributed by atoms with E-state index < -0.39 is 0 Å². The minimum atomic E-state index is -0.334. The summed E-state index contributed by atoms with van der Waals surface area (Å²) < 4.78 is 12.4. The SMILES string of the molecule is COc1cc(C=Cc2cc(O)c3cc(CC=C(C)C)[nH]c3c2)cc2c1O[C@]1(C)CC[C@@H](O)C(C)(C)[C@H]1C2. The lowest BCUT2D eigenvalue weighted by Crippen LogP contribution is -2.58. The molecule has 3 atom stereocenters. The van der Waals surface area contributed by atoms with E-state index in [1.165, 1.54) is 5.57 Å². The van der Waals surface area contributed by atoms with Crippen molar-refractivity contribution in [2.75, 3.05) is 7.11 Å². The number of aromatic nitrogens is 1. The van der Waals surface area contributed by atoms with Gasteiger partial charge < -0.3 is 24.7 Å². The first-order valence-corrected chi connectivity index (χ1v) is 13.2. The molecule has 3 aromatic rings. The van der Waals surface area contributed by atoms with Gasteiger partial charge in [-0.1, -0.05) is 37.6 Å². The molecule has 0 spiro atoms. The number of H-pyrrole nitrogens is 1. The van der Waals surface area contributed by atoms with E-state index in [-0.39, 0.29) is 28.8 Å². The van der Waals surface area contributed by atoms with Gasteiger partial charge in [-0.25, -0.2) is 0 Å². The van der Waals surface area contributed by atoms with Gasteiger partial charge in [0.2, 0.25) is 0 Å². The van der Waals surface area contributed by atoms with Crippen LogP contribution in [-0.4, -0.2) is 34.0 Å². The second kappa shape index (κ2) is 9.29. The van der Waals surface area contributed by atoms with Crippen molar-refractivity contribution in [3.63, 3.8) is 0 Å². The van der Waals surface area contributed by atoms with Crippen LogP contribution in [0.5, 0.6) is 17.2 Å². The van der Waals surface area contributed by atoms with Crippen molar-refractivity contribution in [1.29, 1.82) is 0 Å². The van der Waals surface area contributed by atoms with Crippen molar-refractivity contribution in [2.24, 2.45) is 11.3 Å². The Labute approximate surface area is 219 Å². The molecule has 5 nitrogen and oxygen atoms in total. The normalized spacial score (nSPS) is 24.4. The molecule has 0 amide bonds. The molecule has 0 radical (unpaired) electrons. The molecule has 5 rings (SSSR count). The fraction of sp³-hybridized carbons (Fsp3) is 0.438. The van der Waals surface area contributed by atoms with Crippen molar-refractivity contribution in [3.8, 4) is 17.2 Å². The topological polar surface area (TPSA) is 74.7 Å². The first kappa shape index (κ1) is 25.5. The minimum Gasteiger partial charge on any atom is -0.507 e. The number of phenolic OH excluding ortho intramolecular Hbond substituents is 1. The van der Waals surface area contributed by atoms with Crippen LogP contribution in [0, 0.1) is 11.3 Å². The van der Waals surface area contributed by atoms with Gasteiger partial charge >= 0.3 is 0 Å². The molecule has 0 saturated heterocycles. The van der Waals surface area contributed by atoms with E-state index in [1.807, 2.05) is 24.3 Å². The minimum absolute atomic E-state index is 0.202. The number of fused-ring (bicyclic) bond motifs is 3. The Morgan fingerprint density at radius 1 is 1.11 bits per heavy atom. The van der Waals surface area contributed by atoms with Crippen LogP contribution >= 0.6 is 0 Å². The highest BCUT2D eigenvalue weighted by Gasteiger charge is 2.54. The van der Waals surface area contributed by atoms with Gasteiger partial charge in [0.1, 0.15) is 11.4 Å². The standard InChI is InChI=1S/C32H39NO4/c1-19(2)7-10-23-18-24-25(33-23)14-21(15-26(24)34)9-8-20-13-22-17-28-31(3,4)29(35)11-12-32(28,5)37-30(22)27(16-20)36-6/h7-9,13-16,18,28-29,33-35H,10-12,17H2,1-6H3/t28-,29-,32-/m1/s1. The fourth-order valence-corrected chi connectivity index (χ4v) is 6.25. The Morgan fingerprint density at radius 2 is 1.84 bits per heavy atom. The van der Waals surface area contributed by atoms with Crippen LogP contribution in [0.25, 0.3) is 23.1 Å². The average Bonchev–Trinajstić information content (AvgIpc) is 3.27. The van der Waals surface area contributed by atoms with Gasteiger partial charge in [0.25, 0.3) is 0 Å². The Hall–Kier alpha value is -3.18. The summed E-state index contributed by atoms with van der Waals surface area (Å²) >= 11 is 0. The summed E-state index contributed by atoms with van der Waals surface area (Å²) in [5.74, 6) is 2.02. The predicted molar refractivity (Wildman–Crippen MR) is 150 cm³/mol. The van der Waals surface area contributed by atoms with E-state index in [1.54, 1.807) is 13.2 Å². The summed E-state index contributed by atoms with van der Waals surface area (Å²) in [4.78, 5) is 3.44. The molecular formula is C32H39NO4. The predicted octanol–water partition coefficient (Wildman–Crippen LogP) is 7.05. The van der Waals surface area contributed by atoms with Crippen LogP contribution < -0.4 is 9.47 Å². The van der Waals surface area contributed by atoms with E-state index in [0.29, 0.717) is 0 Å². The lowest BCUT2D eigenvalue weighted by molar-refractivity contribution is -0.138. The second-order valence-corrected chi connectivity index (χ2v) is 11.9. The van der Waals surface area contributed by atoms with Crippen LogP contribution in [0.4, 0.5) is 0 Å². The third kappa shape index (κ3) is 4.66. The molecule has 1 aliphatic heterocycles. The van der Waals surface area contributed by atoms with Gasteiger partial charge in [-0.3, -0.25) is 0 Å². The number of hydrogen-bond donors (Lipinski definition) is 3. The van der Waals surface area contributed by atoms with Crippen molar-refractivity contribution < 1.29 is 19.7 Å². The number of nitrogens with one attached hydrogen (secondary N) is 1. The summed E-state index contributed by atoms with van der Waals surface area (Å²) in [6.45, 7) is 10.7. The zero-order valence-corrected chi connectivity index (χ0v) is 22.8. The van der Waals surface area contributed by atoms with Crippen molar-refractivity contribution in [3.05, 3.63) is 64.4 Å². The first-order chi connectivity index (χ1) is 17.5. The molecule has 2 heterocycles. The maximum Gasteiger partial charge on any atom is 0.165 e. The largest absolute Gasteiger partial charge is 0.507 e. The van der Waals surface area contributed by atoms with Crippen LogP contribution in [0.2, 0.25) is 0 Å². The highest BCUT2D eigenvalue weighted by Crippen LogP contribution is 2.55. The van der Waals surface area contributed by atoms with Gasteiger partial charge in [0, 0.05) is 28.9 Å². The van der Waals surface area contributed by atoms with Gasteiger partial charge in [-0.2, -0.15) is 0 Å². The highest BCUT2D eigenvalue weighted by molar-refractivity contribution is 5.89. The summed E-state index contributed by atoms with van der Waals surface area (Å²) in [6.07, 6.45) is 9.11. The van der Waals surface area contributed by atoms with Gasteiger partial charge in [0.15, 0.2) is 11.5 Å². The zero-order valence-electron chi connectivity index (χ0n) is 22.8. The Bertz CT molecular complexity index is 1390. The summed E-state index contributed by atoms with van der Waals surface area (Å²) in [7, 11) is 1.68. The van der Waals surface area contributed by atoms with E-state index >= 15 is 0 Å². The van der Waals surface area contributed by atoms with Crippen molar-refractivity contribution >= 4 is 23.1 Å². The number of ether oxygens (including phenoxy) is 2. The molecule has 1 saturated carbocycles. The maximum atomic E-state index is 10.7. The van der Waals surface area contributed by atoms with E-state index in [4.69, 9.17) is 9.47 Å². The number of aliphatic hydroxyl groups excluding tert-OH is 1. The van der Waals surface area contributed by atoms with Crippen LogP contribution in [0.1, 0.15) is 69.8 Å². The lowest BCUT2D eigenvalue weighted by atomic mass is 9.57. The fourth-order valence-electron chi connectivity index (χ4n) is 6.25. The highest BCUT2D eigenvalue weighted by atomic mass is 16.5. The number of aromatic hydroxyl groups is 1. The molecule has 1 fully saturated rings. The molecular weight excluding hydrogens is 462 g/mol. The number of aromatic amines is 1. The summed E-state index contributed by atoms with van der Waals surface area (Å²) in [5, 5.41) is 22.2. The third-order valence-electron chi connectivity index (χ3n) is 8.53. The molecule has 3 N–H and O–H groups in total. The molecule has 2 aromatic carbocycles. The molecule has 0 bridgehead atoms. The van der Waals surface area contributed by atoms with Crippen LogP contribution in [0.15, 0.2) is 42.0 Å². The molecule has 196 valence electrons. The Morgan fingerprint density at radius 3 is 2.54 bits per heavy atom. The van der Waals surface area contributed by atoms with E-state index in [2.05, 4.69) is 57.8 Å². The number of phenols is 1. The smallest absolute Gasteiger partial charge is 0.165 e. The zero-order chi connectivity index (χ0) is 26.5. The van der Waals surface area contributed by atoms with Crippen LogP contribution in [0.3, 0.4) is 0 Å². The van der Waals surface area contributed by atoms with E-state index in [0.717, 1.165) is 70.5 Å². The number of rotatable bonds is 5. The summed E-state index contributed by atoms with van der Waals surface area (Å²) in [6, 6.07) is 10.0. The maximum absolute atomic E-state index is 10.7. The van der Waals surface area contributed by atoms with E-state index in [9.17, 15) is 10.2 Å². The Balaban J connectivity index is 1.46. The molecule has 0 unspecified atom stereocenters. The molecule has 1 aliphatic carbocycles.